The standard InChI is InChI=1S/C15H16N2O2/c1-10(18)8-17-9-12-6-2-4-11-5-3-7-13(14(11)12)16-15(17)19/h2-7,15-16,19H,8-9H2,1H3. The summed E-state index contributed by atoms with van der Waals surface area (Å²) < 4.78 is 0. The zero-order valence-electron chi connectivity index (χ0n) is 10.8. The number of aliphatic hydroxyl groups is 1. The molecule has 1 aliphatic heterocycles. The van der Waals surface area contributed by atoms with Crippen LogP contribution >= 0.6 is 0 Å². The number of carbonyl (C=O) groups is 1. The molecule has 3 rings (SSSR count). The minimum atomic E-state index is -0.845. The average Bonchev–Trinajstić information content (AvgIpc) is 2.49. The highest BCUT2D eigenvalue weighted by Gasteiger charge is 2.23. The third-order valence-corrected chi connectivity index (χ3v) is 3.42. The number of benzene rings is 2. The van der Waals surface area contributed by atoms with Crippen molar-refractivity contribution in [3.05, 3.63) is 42.0 Å². The Morgan fingerprint density at radius 1 is 1.37 bits per heavy atom. The summed E-state index contributed by atoms with van der Waals surface area (Å²) in [6, 6.07) is 12.1. The third kappa shape index (κ3) is 2.20. The van der Waals surface area contributed by atoms with Crippen LogP contribution in [0.5, 0.6) is 0 Å². The van der Waals surface area contributed by atoms with E-state index in [9.17, 15) is 9.90 Å². The molecule has 2 aromatic carbocycles. The van der Waals surface area contributed by atoms with Crippen molar-refractivity contribution in [2.75, 3.05) is 11.9 Å². The van der Waals surface area contributed by atoms with Crippen molar-refractivity contribution in [1.82, 2.24) is 4.90 Å². The lowest BCUT2D eigenvalue weighted by Crippen LogP contribution is -2.41. The van der Waals surface area contributed by atoms with Crippen LogP contribution in [0.3, 0.4) is 0 Å². The zero-order valence-corrected chi connectivity index (χ0v) is 10.8. The van der Waals surface area contributed by atoms with Gasteiger partial charge in [-0.3, -0.25) is 4.79 Å². The van der Waals surface area contributed by atoms with E-state index < -0.39 is 6.35 Å². The molecule has 1 unspecified atom stereocenters. The molecule has 4 heteroatoms. The number of nitrogens with zero attached hydrogens (tertiary/aromatic N) is 1. The summed E-state index contributed by atoms with van der Waals surface area (Å²) >= 11 is 0. The number of anilines is 1. The van der Waals surface area contributed by atoms with Gasteiger partial charge >= 0.3 is 0 Å². The van der Waals surface area contributed by atoms with E-state index in [0.29, 0.717) is 6.54 Å². The second-order valence-corrected chi connectivity index (χ2v) is 4.95. The lowest BCUT2D eigenvalue weighted by atomic mass is 10.0. The molecule has 0 saturated carbocycles. The smallest absolute Gasteiger partial charge is 0.184 e. The molecule has 2 aromatic rings. The van der Waals surface area contributed by atoms with E-state index in [1.807, 2.05) is 24.3 Å². The van der Waals surface area contributed by atoms with Gasteiger partial charge in [0.1, 0.15) is 5.78 Å². The highest BCUT2D eigenvalue weighted by molar-refractivity contribution is 5.97. The Hall–Kier alpha value is -1.91. The van der Waals surface area contributed by atoms with Crippen LogP contribution in [0, 0.1) is 0 Å². The first-order valence-corrected chi connectivity index (χ1v) is 6.34. The van der Waals surface area contributed by atoms with Gasteiger partial charge in [0, 0.05) is 17.6 Å². The van der Waals surface area contributed by atoms with Crippen LogP contribution in [0.25, 0.3) is 10.8 Å². The first-order valence-electron chi connectivity index (χ1n) is 6.34. The van der Waals surface area contributed by atoms with Crippen LogP contribution in [-0.2, 0) is 11.3 Å². The number of carbonyl (C=O) groups excluding carboxylic acids is 1. The van der Waals surface area contributed by atoms with Crippen LogP contribution in [0.1, 0.15) is 12.5 Å². The van der Waals surface area contributed by atoms with Crippen LogP contribution in [0.2, 0.25) is 0 Å². The Balaban J connectivity index is 2.10. The highest BCUT2D eigenvalue weighted by Crippen LogP contribution is 2.31. The molecule has 0 radical (unpaired) electrons. The van der Waals surface area contributed by atoms with Gasteiger partial charge in [0.05, 0.1) is 6.54 Å². The summed E-state index contributed by atoms with van der Waals surface area (Å²) in [5, 5.41) is 15.5. The molecule has 1 atom stereocenters. The topological polar surface area (TPSA) is 52.6 Å². The second-order valence-electron chi connectivity index (χ2n) is 4.95. The van der Waals surface area contributed by atoms with Crippen molar-refractivity contribution in [3.63, 3.8) is 0 Å². The van der Waals surface area contributed by atoms with E-state index >= 15 is 0 Å². The molecule has 4 nitrogen and oxygen atoms in total. The predicted molar refractivity (Wildman–Crippen MR) is 74.7 cm³/mol. The van der Waals surface area contributed by atoms with E-state index in [1.165, 1.54) is 6.92 Å². The van der Waals surface area contributed by atoms with Gasteiger partial charge in [0.2, 0.25) is 0 Å². The third-order valence-electron chi connectivity index (χ3n) is 3.42. The fourth-order valence-corrected chi connectivity index (χ4v) is 2.63. The van der Waals surface area contributed by atoms with Crippen LogP contribution in [0.4, 0.5) is 5.69 Å². The van der Waals surface area contributed by atoms with Crippen molar-refractivity contribution in [2.45, 2.75) is 19.8 Å². The maximum absolute atomic E-state index is 11.3. The van der Waals surface area contributed by atoms with Crippen molar-refractivity contribution < 1.29 is 9.90 Å². The number of hydrogen-bond acceptors (Lipinski definition) is 4. The molecule has 1 heterocycles. The molecular formula is C15H16N2O2. The summed E-state index contributed by atoms with van der Waals surface area (Å²) in [6.45, 7) is 2.33. The van der Waals surface area contributed by atoms with E-state index in [-0.39, 0.29) is 12.3 Å². The molecule has 19 heavy (non-hydrogen) atoms. The van der Waals surface area contributed by atoms with E-state index in [2.05, 4.69) is 17.4 Å². The first-order chi connectivity index (χ1) is 9.15. The molecule has 0 spiro atoms. The number of rotatable bonds is 2. The molecular weight excluding hydrogens is 240 g/mol. The minimum Gasteiger partial charge on any atom is -0.361 e. The monoisotopic (exact) mass is 256 g/mol. The normalized spacial score (nSPS) is 18.9. The number of ketones is 1. The molecule has 2 N–H and O–H groups in total. The second kappa shape index (κ2) is 4.64. The zero-order chi connectivity index (χ0) is 13.4. The van der Waals surface area contributed by atoms with Gasteiger partial charge in [-0.15, -0.1) is 0 Å². The van der Waals surface area contributed by atoms with E-state index in [0.717, 1.165) is 22.0 Å². The van der Waals surface area contributed by atoms with Gasteiger partial charge in [0.25, 0.3) is 0 Å². The molecule has 1 aliphatic rings. The first kappa shape index (κ1) is 12.1. The van der Waals surface area contributed by atoms with Gasteiger partial charge in [-0.25, -0.2) is 4.90 Å². The molecule has 0 saturated heterocycles. The van der Waals surface area contributed by atoms with Gasteiger partial charge in [0.15, 0.2) is 6.35 Å². The fourth-order valence-electron chi connectivity index (χ4n) is 2.63. The van der Waals surface area contributed by atoms with Crippen molar-refractivity contribution in [1.29, 1.82) is 0 Å². The molecule has 0 bridgehead atoms. The van der Waals surface area contributed by atoms with Crippen LogP contribution < -0.4 is 5.32 Å². The highest BCUT2D eigenvalue weighted by atomic mass is 16.3. The maximum atomic E-state index is 11.3. The lowest BCUT2D eigenvalue weighted by Gasteiger charge is -2.25. The van der Waals surface area contributed by atoms with Crippen LogP contribution in [0.15, 0.2) is 36.4 Å². The molecule has 0 fully saturated rings. The van der Waals surface area contributed by atoms with Crippen molar-refractivity contribution in [3.8, 4) is 0 Å². The number of aliphatic hydroxyl groups excluding tert-OH is 1. The maximum Gasteiger partial charge on any atom is 0.184 e. The van der Waals surface area contributed by atoms with Gasteiger partial charge in [-0.2, -0.15) is 0 Å². The summed E-state index contributed by atoms with van der Waals surface area (Å²) in [5.41, 5.74) is 2.03. The molecule has 0 aliphatic carbocycles. The minimum absolute atomic E-state index is 0.0407. The Kier molecular flexibility index (Phi) is 2.97. The van der Waals surface area contributed by atoms with Crippen LogP contribution in [-0.4, -0.2) is 28.7 Å². The summed E-state index contributed by atoms with van der Waals surface area (Å²) in [4.78, 5) is 13.0. The largest absolute Gasteiger partial charge is 0.361 e. The summed E-state index contributed by atoms with van der Waals surface area (Å²) in [5.74, 6) is 0.0407. The Bertz CT molecular complexity index is 634. The van der Waals surface area contributed by atoms with E-state index in [4.69, 9.17) is 0 Å². The molecule has 0 aromatic heterocycles. The van der Waals surface area contributed by atoms with Crippen molar-refractivity contribution >= 4 is 22.2 Å². The number of hydrogen-bond donors (Lipinski definition) is 2. The SMILES string of the molecule is CC(=O)CN1Cc2cccc3cccc(c23)NC1O. The Morgan fingerprint density at radius 2 is 2.11 bits per heavy atom. The molecule has 0 amide bonds. The Labute approximate surface area is 111 Å². The summed E-state index contributed by atoms with van der Waals surface area (Å²) in [6.07, 6.45) is -0.845. The average molecular weight is 256 g/mol. The number of Topliss-reactive ketones (excluding diaryl/α,β-unsaturated/α-hetero) is 1. The van der Waals surface area contributed by atoms with E-state index in [1.54, 1.807) is 4.90 Å². The van der Waals surface area contributed by atoms with Gasteiger partial charge in [-0.05, 0) is 23.9 Å². The van der Waals surface area contributed by atoms with Gasteiger partial charge in [-0.1, -0.05) is 30.3 Å². The van der Waals surface area contributed by atoms with Gasteiger partial charge < -0.3 is 10.4 Å². The quantitative estimate of drug-likeness (QED) is 0.862. The Morgan fingerprint density at radius 3 is 2.84 bits per heavy atom. The fraction of sp³-hybridized carbons (Fsp3) is 0.267. The lowest BCUT2D eigenvalue weighted by molar-refractivity contribution is -0.120. The molecule has 98 valence electrons. The summed E-state index contributed by atoms with van der Waals surface area (Å²) in [7, 11) is 0. The predicted octanol–water partition coefficient (Wildman–Crippen LogP) is 1.93. The van der Waals surface area contributed by atoms with Crippen molar-refractivity contribution in [2.24, 2.45) is 0 Å². The number of nitrogens with one attached hydrogen (secondary N) is 1.